The van der Waals surface area contributed by atoms with Gasteiger partial charge in [0.25, 0.3) is 0 Å². The van der Waals surface area contributed by atoms with E-state index in [0.717, 1.165) is 59.6 Å². The molecule has 8 heteroatoms. The van der Waals surface area contributed by atoms with Crippen molar-refractivity contribution in [3.8, 4) is 17.3 Å². The Morgan fingerprint density at radius 3 is 2.77 bits per heavy atom. The molecule has 30 heavy (non-hydrogen) atoms. The SMILES string of the molecule is COc1cc(-c2noc(C3CCN(Cc4csc(C)n4)CC3)n2)c2ccccc2n1. The molecule has 0 spiro atoms. The van der Waals surface area contributed by atoms with Gasteiger partial charge in [-0.3, -0.25) is 4.90 Å². The molecule has 1 saturated heterocycles. The van der Waals surface area contributed by atoms with Crippen LogP contribution in [-0.2, 0) is 6.54 Å². The number of fused-ring (bicyclic) bond motifs is 1. The molecule has 1 fully saturated rings. The van der Waals surface area contributed by atoms with Crippen molar-refractivity contribution in [1.82, 2.24) is 25.0 Å². The van der Waals surface area contributed by atoms with Crippen LogP contribution < -0.4 is 4.74 Å². The molecule has 0 atom stereocenters. The molecule has 7 nitrogen and oxygen atoms in total. The standard InChI is InChI=1S/C22H23N5O2S/c1-14-23-16(13-30-14)12-27-9-7-15(8-10-27)22-25-21(26-29-22)18-11-20(28-2)24-19-6-4-3-5-17(18)19/h3-6,11,13,15H,7-10,12H2,1-2H3. The minimum atomic E-state index is 0.287. The molecule has 3 aromatic heterocycles. The molecule has 1 aliphatic heterocycles. The Kier molecular flexibility index (Phi) is 5.18. The van der Waals surface area contributed by atoms with Gasteiger partial charge in [-0.25, -0.2) is 9.97 Å². The molecule has 5 rings (SSSR count). The van der Waals surface area contributed by atoms with Gasteiger partial charge < -0.3 is 9.26 Å². The van der Waals surface area contributed by atoms with Crippen molar-refractivity contribution in [2.75, 3.05) is 20.2 Å². The monoisotopic (exact) mass is 421 g/mol. The highest BCUT2D eigenvalue weighted by Crippen LogP contribution is 2.32. The lowest BCUT2D eigenvalue weighted by atomic mass is 9.96. The summed E-state index contributed by atoms with van der Waals surface area (Å²) in [4.78, 5) is 16.3. The number of para-hydroxylation sites is 1. The van der Waals surface area contributed by atoms with E-state index in [1.165, 1.54) is 0 Å². The highest BCUT2D eigenvalue weighted by atomic mass is 32.1. The predicted octanol–water partition coefficient (Wildman–Crippen LogP) is 4.44. The zero-order chi connectivity index (χ0) is 20.5. The first-order valence-corrected chi connectivity index (χ1v) is 11.0. The summed E-state index contributed by atoms with van der Waals surface area (Å²) in [5.74, 6) is 2.13. The largest absolute Gasteiger partial charge is 0.481 e. The highest BCUT2D eigenvalue weighted by Gasteiger charge is 2.26. The second-order valence-electron chi connectivity index (χ2n) is 7.59. The zero-order valence-corrected chi connectivity index (χ0v) is 17.9. The maximum atomic E-state index is 5.69. The normalized spacial score (nSPS) is 15.7. The molecular formula is C22H23N5O2S. The number of thiazole rings is 1. The number of aryl methyl sites for hydroxylation is 1. The lowest BCUT2D eigenvalue weighted by Gasteiger charge is -2.29. The number of rotatable bonds is 5. The van der Waals surface area contributed by atoms with E-state index in [-0.39, 0.29) is 5.92 Å². The van der Waals surface area contributed by atoms with Crippen molar-refractivity contribution in [1.29, 1.82) is 0 Å². The molecule has 0 unspecified atom stereocenters. The number of ether oxygens (including phenoxy) is 1. The van der Waals surface area contributed by atoms with E-state index >= 15 is 0 Å². The summed E-state index contributed by atoms with van der Waals surface area (Å²) in [7, 11) is 1.61. The molecular weight excluding hydrogens is 398 g/mol. The van der Waals surface area contributed by atoms with E-state index in [2.05, 4.69) is 32.3 Å². The van der Waals surface area contributed by atoms with Crippen molar-refractivity contribution in [3.63, 3.8) is 0 Å². The Morgan fingerprint density at radius 1 is 1.17 bits per heavy atom. The van der Waals surface area contributed by atoms with Crippen LogP contribution in [0.5, 0.6) is 5.88 Å². The van der Waals surface area contributed by atoms with Crippen LogP contribution in [0.3, 0.4) is 0 Å². The lowest BCUT2D eigenvalue weighted by Crippen LogP contribution is -2.32. The van der Waals surface area contributed by atoms with Crippen LogP contribution in [-0.4, -0.2) is 45.2 Å². The zero-order valence-electron chi connectivity index (χ0n) is 17.0. The van der Waals surface area contributed by atoms with Crippen LogP contribution in [0.4, 0.5) is 0 Å². The third kappa shape index (κ3) is 3.80. The van der Waals surface area contributed by atoms with Gasteiger partial charge in [0.1, 0.15) is 0 Å². The number of likely N-dealkylation sites (tertiary alicyclic amines) is 1. The minimum Gasteiger partial charge on any atom is -0.481 e. The number of pyridine rings is 1. The van der Waals surface area contributed by atoms with Crippen molar-refractivity contribution in [3.05, 3.63) is 52.3 Å². The molecule has 1 aliphatic rings. The van der Waals surface area contributed by atoms with E-state index < -0.39 is 0 Å². The number of methoxy groups -OCH3 is 1. The topological polar surface area (TPSA) is 77.2 Å². The van der Waals surface area contributed by atoms with E-state index in [0.29, 0.717) is 17.6 Å². The Balaban J connectivity index is 1.32. The van der Waals surface area contributed by atoms with E-state index in [1.807, 2.05) is 30.3 Å². The van der Waals surface area contributed by atoms with E-state index in [1.54, 1.807) is 18.4 Å². The number of piperidine rings is 1. The molecule has 4 aromatic rings. The fraction of sp³-hybridized carbons (Fsp3) is 0.364. The molecule has 0 radical (unpaired) electrons. The Bertz CT molecular complexity index is 1160. The van der Waals surface area contributed by atoms with Gasteiger partial charge in [-0.1, -0.05) is 23.4 Å². The second-order valence-corrected chi connectivity index (χ2v) is 8.66. The summed E-state index contributed by atoms with van der Waals surface area (Å²) < 4.78 is 11.0. The molecule has 0 N–H and O–H groups in total. The van der Waals surface area contributed by atoms with Crippen LogP contribution in [0.25, 0.3) is 22.3 Å². The van der Waals surface area contributed by atoms with E-state index in [9.17, 15) is 0 Å². The Labute approximate surface area is 178 Å². The molecule has 154 valence electrons. The Morgan fingerprint density at radius 2 is 2.00 bits per heavy atom. The van der Waals surface area contributed by atoms with E-state index in [4.69, 9.17) is 14.2 Å². The predicted molar refractivity (Wildman–Crippen MR) is 116 cm³/mol. The van der Waals surface area contributed by atoms with Crippen molar-refractivity contribution >= 4 is 22.2 Å². The highest BCUT2D eigenvalue weighted by molar-refractivity contribution is 7.09. The molecule has 4 heterocycles. The lowest BCUT2D eigenvalue weighted by molar-refractivity contribution is 0.186. The molecule has 0 aliphatic carbocycles. The molecule has 0 saturated carbocycles. The van der Waals surface area contributed by atoms with Gasteiger partial charge in [0, 0.05) is 34.9 Å². The summed E-state index contributed by atoms with van der Waals surface area (Å²) >= 11 is 1.71. The smallest absolute Gasteiger partial charge is 0.230 e. The first-order valence-electron chi connectivity index (χ1n) is 10.1. The van der Waals surface area contributed by atoms with Gasteiger partial charge in [0.2, 0.25) is 17.6 Å². The van der Waals surface area contributed by atoms with Crippen molar-refractivity contribution < 1.29 is 9.26 Å². The van der Waals surface area contributed by atoms with Gasteiger partial charge in [-0.2, -0.15) is 4.98 Å². The average Bonchev–Trinajstić information content (AvgIpc) is 3.43. The second kappa shape index (κ2) is 8.12. The van der Waals surface area contributed by atoms with Gasteiger partial charge >= 0.3 is 0 Å². The minimum absolute atomic E-state index is 0.287. The van der Waals surface area contributed by atoms with Crippen LogP contribution >= 0.6 is 11.3 Å². The van der Waals surface area contributed by atoms with Crippen LogP contribution in [0, 0.1) is 6.92 Å². The third-order valence-corrected chi connectivity index (χ3v) is 6.40. The van der Waals surface area contributed by atoms with Crippen LogP contribution in [0.2, 0.25) is 0 Å². The van der Waals surface area contributed by atoms with Gasteiger partial charge in [0.15, 0.2) is 0 Å². The maximum Gasteiger partial charge on any atom is 0.230 e. The fourth-order valence-corrected chi connectivity index (χ4v) is 4.60. The van der Waals surface area contributed by atoms with Gasteiger partial charge in [0.05, 0.1) is 23.3 Å². The summed E-state index contributed by atoms with van der Waals surface area (Å²) in [6.45, 7) is 4.97. The molecule has 0 bridgehead atoms. The maximum absolute atomic E-state index is 5.69. The van der Waals surface area contributed by atoms with Crippen molar-refractivity contribution in [2.24, 2.45) is 0 Å². The summed E-state index contributed by atoms with van der Waals surface area (Å²) in [5.41, 5.74) is 2.89. The number of aromatic nitrogens is 4. The fourth-order valence-electron chi connectivity index (χ4n) is 4.00. The number of hydrogen-bond acceptors (Lipinski definition) is 8. The van der Waals surface area contributed by atoms with Crippen LogP contribution in [0.15, 0.2) is 40.2 Å². The van der Waals surface area contributed by atoms with Gasteiger partial charge in [-0.15, -0.1) is 11.3 Å². The third-order valence-electron chi connectivity index (χ3n) is 5.57. The first kappa shape index (κ1) is 19.1. The summed E-state index contributed by atoms with van der Waals surface area (Å²) in [5, 5.41) is 8.55. The van der Waals surface area contributed by atoms with Gasteiger partial charge in [-0.05, 0) is 38.9 Å². The van der Waals surface area contributed by atoms with Crippen molar-refractivity contribution in [2.45, 2.75) is 32.2 Å². The van der Waals surface area contributed by atoms with Crippen LogP contribution in [0.1, 0.15) is 35.4 Å². The number of nitrogens with zero attached hydrogens (tertiary/aromatic N) is 5. The summed E-state index contributed by atoms with van der Waals surface area (Å²) in [6.07, 6.45) is 2.01. The first-order chi connectivity index (χ1) is 14.7. The quantitative estimate of drug-likeness (QED) is 0.471. The Hall–Kier alpha value is -2.84. The number of hydrogen-bond donors (Lipinski definition) is 0. The molecule has 1 aromatic carbocycles. The molecule has 0 amide bonds. The number of benzene rings is 1. The average molecular weight is 422 g/mol. The summed E-state index contributed by atoms with van der Waals surface area (Å²) in [6, 6.07) is 9.80.